The minimum Gasteiger partial charge on any atom is -0.541 e. The van der Waals surface area contributed by atoms with Gasteiger partial charge in [0, 0.05) is 46.4 Å². The molecule has 0 saturated heterocycles. The van der Waals surface area contributed by atoms with E-state index in [-0.39, 0.29) is 111 Å². The molecule has 108 heavy (non-hydrogen) atoms. The first kappa shape index (κ1) is 83.0. The van der Waals surface area contributed by atoms with Gasteiger partial charge in [0.25, 0.3) is 40.3 Å². The average molecular weight is 1600 g/mol. The van der Waals surface area contributed by atoms with E-state index >= 15 is 0 Å². The van der Waals surface area contributed by atoms with Gasteiger partial charge in [0.05, 0.1) is 100 Å². The summed E-state index contributed by atoms with van der Waals surface area (Å²) in [5.41, 5.74) is 0.781. The summed E-state index contributed by atoms with van der Waals surface area (Å²) in [6, 6.07) is 24.4. The predicted molar refractivity (Wildman–Crippen MR) is 417 cm³/mol. The van der Waals surface area contributed by atoms with E-state index in [1.165, 1.54) is 65.1 Å². The van der Waals surface area contributed by atoms with Crippen molar-refractivity contribution in [2.24, 2.45) is 0 Å². The van der Waals surface area contributed by atoms with Crippen LogP contribution in [0.5, 0.6) is 34.5 Å². The van der Waals surface area contributed by atoms with Crippen molar-refractivity contribution in [3.63, 3.8) is 0 Å². The summed E-state index contributed by atoms with van der Waals surface area (Å²) in [5.74, 6) is -2.79. The van der Waals surface area contributed by atoms with Crippen LogP contribution in [0.2, 0.25) is 33.2 Å². The summed E-state index contributed by atoms with van der Waals surface area (Å²) in [7, 11) is -18.7. The Morgan fingerprint density at radius 3 is 0.944 bits per heavy atom. The van der Waals surface area contributed by atoms with Crippen LogP contribution in [0.3, 0.4) is 0 Å². The van der Waals surface area contributed by atoms with Gasteiger partial charge in [0.1, 0.15) is 57.2 Å². The number of carbonyl (C=O) groups is 4. The molecule has 2 aliphatic heterocycles. The number of nitrogens with zero attached hydrogens (tertiary/aromatic N) is 6. The monoisotopic (exact) mass is 1600 g/mol. The number of imide groups is 2. The SMILES string of the molecule is COc1ccc(CN2C(=O)c3c(c(O[Si](C(C)C)(C(C)C)C(C)C)c4ncc(Cc5ccc(F)cc5)cc4c3N(S(C)(=O)=O)S(C)(=O)=O)C2=O)c(OC)c1.COc1ccc(CN2C(=O)c3c(c(O[Si](C(C)C)(C(C)C)C(C)C)c4ncc(Cc5ccc(F)cc5)cc4c3N(S(C)(=O)=O)S(C)(=O)=O)C2=O)c(OC)c1. The van der Waals surface area contributed by atoms with Crippen LogP contribution in [0.4, 0.5) is 20.2 Å². The molecule has 2 aromatic heterocycles. The second-order valence-corrected chi connectivity index (χ2v) is 47.5. The van der Waals surface area contributed by atoms with Crippen molar-refractivity contribution >= 4 is 114 Å². The molecule has 0 atom stereocenters. The normalized spacial score (nSPS) is 13.7. The predicted octanol–water partition coefficient (Wildman–Crippen LogP) is 14.1. The Bertz CT molecular complexity index is 4920. The largest absolute Gasteiger partial charge is 0.541 e. The van der Waals surface area contributed by atoms with Gasteiger partial charge in [-0.15, -0.1) is 0 Å². The third-order valence-electron chi connectivity index (χ3n) is 19.9. The molecule has 6 aromatic carbocycles. The molecule has 0 radical (unpaired) electrons. The smallest absolute Gasteiger partial charge is 0.265 e. The van der Waals surface area contributed by atoms with E-state index in [0.717, 1.165) is 9.80 Å². The highest BCUT2D eigenvalue weighted by Crippen LogP contribution is 2.54. The van der Waals surface area contributed by atoms with E-state index in [1.807, 2.05) is 83.1 Å². The molecule has 0 saturated carbocycles. The summed E-state index contributed by atoms with van der Waals surface area (Å²) in [4.78, 5) is 70.6. The first-order valence-electron chi connectivity index (χ1n) is 34.7. The van der Waals surface area contributed by atoms with Gasteiger partial charge in [-0.2, -0.15) is 7.42 Å². The van der Waals surface area contributed by atoms with Crippen molar-refractivity contribution in [2.75, 3.05) is 60.9 Å². The summed E-state index contributed by atoms with van der Waals surface area (Å²) in [6.45, 7) is 23.9. The first-order chi connectivity index (χ1) is 50.3. The second kappa shape index (κ2) is 31.5. The number of carbonyl (C=O) groups excluding carboxylic acids is 4. The minimum absolute atomic E-state index is 0.00367. The highest BCUT2D eigenvalue weighted by Gasteiger charge is 2.54. The first-order valence-corrected chi connectivity index (χ1v) is 46.4. The zero-order valence-electron chi connectivity index (χ0n) is 64.1. The maximum atomic E-state index is 14.8. The number of rotatable bonds is 28. The van der Waals surface area contributed by atoms with Crippen LogP contribution < -0.4 is 35.2 Å². The lowest BCUT2D eigenvalue weighted by molar-refractivity contribution is 0.0625. The minimum atomic E-state index is -4.66. The van der Waals surface area contributed by atoms with Gasteiger partial charge in [-0.05, 0) is 129 Å². The number of aromatic nitrogens is 2. The maximum absolute atomic E-state index is 14.8. The number of hydrogen-bond donors (Lipinski definition) is 0. The zero-order chi connectivity index (χ0) is 80.2. The molecular weight excluding hydrogens is 1510 g/mol. The lowest BCUT2D eigenvalue weighted by Crippen LogP contribution is -2.51. The quantitative estimate of drug-likeness (QED) is 0.0325. The van der Waals surface area contributed by atoms with E-state index in [1.54, 1.807) is 72.8 Å². The molecule has 0 aliphatic carbocycles. The van der Waals surface area contributed by atoms with Gasteiger partial charge in [0.15, 0.2) is 0 Å². The van der Waals surface area contributed by atoms with Crippen molar-refractivity contribution in [2.45, 2.75) is 142 Å². The number of sulfonamides is 4. The molecule has 4 heterocycles. The number of amides is 4. The van der Waals surface area contributed by atoms with Crippen LogP contribution in [-0.4, -0.2) is 147 Å². The Labute approximate surface area is 633 Å². The molecule has 0 fully saturated rings. The Balaban J connectivity index is 0.000000249. The number of pyridine rings is 2. The molecule has 0 spiro atoms. The number of anilines is 2. The average Bonchev–Trinajstić information content (AvgIpc) is 1.47. The maximum Gasteiger partial charge on any atom is 0.265 e. The number of hydrogen-bond acceptors (Lipinski definition) is 20. The molecule has 32 heteroatoms. The van der Waals surface area contributed by atoms with Crippen LogP contribution >= 0.6 is 0 Å². The molecule has 0 unspecified atom stereocenters. The van der Waals surface area contributed by atoms with E-state index in [0.29, 0.717) is 81.4 Å². The van der Waals surface area contributed by atoms with Crippen molar-refractivity contribution < 1.29 is 89.4 Å². The molecule has 2 aliphatic rings. The number of fused-ring (bicyclic) bond motifs is 4. The van der Waals surface area contributed by atoms with Gasteiger partial charge in [-0.25, -0.2) is 42.5 Å². The summed E-state index contributed by atoms with van der Waals surface area (Å²) in [5, 5.41) is -0.0492. The third-order valence-corrected chi connectivity index (χ3v) is 38.3. The summed E-state index contributed by atoms with van der Waals surface area (Å²) >= 11 is 0. The van der Waals surface area contributed by atoms with E-state index in [9.17, 15) is 61.6 Å². The second-order valence-electron chi connectivity index (χ2n) is 29.0. The van der Waals surface area contributed by atoms with E-state index in [2.05, 4.69) is 0 Å². The van der Waals surface area contributed by atoms with Crippen molar-refractivity contribution in [1.82, 2.24) is 19.8 Å². The molecule has 0 bridgehead atoms. The van der Waals surface area contributed by atoms with Crippen molar-refractivity contribution in [1.29, 1.82) is 0 Å². The number of benzene rings is 6. The van der Waals surface area contributed by atoms with Gasteiger partial charge >= 0.3 is 0 Å². The number of ether oxygens (including phenoxy) is 4. The molecule has 8 aromatic rings. The Morgan fingerprint density at radius 1 is 0.398 bits per heavy atom. The summed E-state index contributed by atoms with van der Waals surface area (Å²) < 4.78 is 172. The fraction of sp³-hybridized carbons (Fsp3) is 0.395. The molecule has 4 amide bonds. The van der Waals surface area contributed by atoms with Gasteiger partial charge in [0.2, 0.25) is 40.1 Å². The highest BCUT2D eigenvalue weighted by atomic mass is 32.3. The summed E-state index contributed by atoms with van der Waals surface area (Å²) in [6.07, 6.45) is 6.28. The molecule has 580 valence electrons. The van der Waals surface area contributed by atoms with Gasteiger partial charge in [-0.3, -0.25) is 38.9 Å². The molecule has 24 nitrogen and oxygen atoms in total. The van der Waals surface area contributed by atoms with Crippen LogP contribution in [0.1, 0.15) is 158 Å². The standard InChI is InChI=1S/2C38H46FN3O9S2Si/c2*1-22(2)54(23(3)4,24(5)6)51-36-33-32(37(43)41(38(33)44)21-27-13-16-29(49-7)19-31(27)50-8)35(42(52(9,45)46)53(10,47)48)30-18-26(20-40-34(30)36)17-25-11-14-28(39)15-12-25/h2*11-16,18-20,22-24H,17,21H2,1-10H3. The van der Waals surface area contributed by atoms with Gasteiger partial charge < -0.3 is 27.8 Å². The van der Waals surface area contributed by atoms with Crippen LogP contribution in [0, 0.1) is 11.6 Å². The lowest BCUT2D eigenvalue weighted by Gasteiger charge is -2.42. The topological polar surface area (TPSA) is 299 Å². The van der Waals surface area contributed by atoms with Crippen LogP contribution in [-0.2, 0) is 66.0 Å². The number of halogens is 2. The van der Waals surface area contributed by atoms with Gasteiger partial charge in [-0.1, -0.05) is 107 Å². The Morgan fingerprint density at radius 2 is 0.685 bits per heavy atom. The molecule has 0 N–H and O–H groups in total. The molecular formula is C76H92F2N6O18S4Si2. The zero-order valence-corrected chi connectivity index (χ0v) is 69.4. The van der Waals surface area contributed by atoms with E-state index in [4.69, 9.17) is 37.8 Å². The van der Waals surface area contributed by atoms with Crippen LogP contribution in [0.25, 0.3) is 21.8 Å². The van der Waals surface area contributed by atoms with E-state index < -0.39 is 114 Å². The lowest BCUT2D eigenvalue weighted by atomic mass is 9.98. The van der Waals surface area contributed by atoms with Crippen LogP contribution in [0.15, 0.2) is 109 Å². The third kappa shape index (κ3) is 15.9. The fourth-order valence-electron chi connectivity index (χ4n) is 15.5. The Hall–Kier alpha value is -9.09. The number of methoxy groups -OCH3 is 4. The van der Waals surface area contributed by atoms with Crippen molar-refractivity contribution in [3.05, 3.63) is 177 Å². The van der Waals surface area contributed by atoms with Crippen molar-refractivity contribution in [3.8, 4) is 34.5 Å². The molecule has 10 rings (SSSR count). The Kier molecular flexibility index (Phi) is 24.2. The highest BCUT2D eigenvalue weighted by molar-refractivity contribution is 8.10. The fourth-order valence-corrected chi connectivity index (χ4v) is 32.1.